The Kier molecular flexibility index (Phi) is 6.21. The predicted octanol–water partition coefficient (Wildman–Crippen LogP) is 3.53. The van der Waals surface area contributed by atoms with Crippen LogP contribution in [0.2, 0.25) is 0 Å². The summed E-state index contributed by atoms with van der Waals surface area (Å²) in [5.74, 6) is 0.912. The SMILES string of the molecule is CCN1CCC(CN2CCN(c3ccc(I)cc3)C(C)C2)CC1. The molecule has 2 aliphatic rings. The molecule has 4 heteroatoms. The largest absolute Gasteiger partial charge is 0.366 e. The maximum Gasteiger partial charge on any atom is 0.0389 e. The number of benzene rings is 1. The molecule has 2 saturated heterocycles. The molecule has 1 atom stereocenters. The van der Waals surface area contributed by atoms with Crippen molar-refractivity contribution in [1.82, 2.24) is 9.80 Å². The predicted molar refractivity (Wildman–Crippen MR) is 107 cm³/mol. The van der Waals surface area contributed by atoms with Crippen molar-refractivity contribution in [2.45, 2.75) is 32.7 Å². The Labute approximate surface area is 155 Å². The van der Waals surface area contributed by atoms with E-state index in [0.29, 0.717) is 6.04 Å². The summed E-state index contributed by atoms with van der Waals surface area (Å²) in [4.78, 5) is 7.88. The average Bonchev–Trinajstić information content (AvgIpc) is 2.57. The molecule has 2 heterocycles. The Balaban J connectivity index is 1.49. The second-order valence-electron chi connectivity index (χ2n) is 7.16. The van der Waals surface area contributed by atoms with Crippen LogP contribution in [0.25, 0.3) is 0 Å². The van der Waals surface area contributed by atoms with Gasteiger partial charge in [0, 0.05) is 41.5 Å². The van der Waals surface area contributed by atoms with Gasteiger partial charge >= 0.3 is 0 Å². The maximum absolute atomic E-state index is 2.71. The highest BCUT2D eigenvalue weighted by atomic mass is 127. The summed E-state index contributed by atoms with van der Waals surface area (Å²) in [5, 5.41) is 0. The van der Waals surface area contributed by atoms with Gasteiger partial charge in [-0.1, -0.05) is 6.92 Å². The van der Waals surface area contributed by atoms with Crippen LogP contribution in [0.5, 0.6) is 0 Å². The number of hydrogen-bond acceptors (Lipinski definition) is 3. The molecule has 2 aliphatic heterocycles. The zero-order chi connectivity index (χ0) is 16.2. The highest BCUT2D eigenvalue weighted by molar-refractivity contribution is 14.1. The van der Waals surface area contributed by atoms with E-state index in [9.17, 15) is 0 Å². The molecule has 0 aromatic heterocycles. The molecule has 3 rings (SSSR count). The molecule has 0 amide bonds. The van der Waals surface area contributed by atoms with Gasteiger partial charge in [-0.15, -0.1) is 0 Å². The van der Waals surface area contributed by atoms with Gasteiger partial charge in [-0.3, -0.25) is 4.90 Å². The van der Waals surface area contributed by atoms with Crippen LogP contribution in [-0.2, 0) is 0 Å². The molecule has 1 aromatic rings. The van der Waals surface area contributed by atoms with Crippen LogP contribution in [0.4, 0.5) is 5.69 Å². The highest BCUT2D eigenvalue weighted by Crippen LogP contribution is 2.24. The Morgan fingerprint density at radius 3 is 2.30 bits per heavy atom. The van der Waals surface area contributed by atoms with E-state index in [1.807, 2.05) is 0 Å². The standard InChI is InChI=1S/C19H30IN3/c1-3-21-10-8-17(9-11-21)15-22-12-13-23(16(2)14-22)19-6-4-18(20)5-7-19/h4-7,16-17H,3,8-15H2,1-2H3. The van der Waals surface area contributed by atoms with Crippen LogP contribution in [-0.4, -0.2) is 61.7 Å². The lowest BCUT2D eigenvalue weighted by molar-refractivity contribution is 0.135. The van der Waals surface area contributed by atoms with E-state index >= 15 is 0 Å². The van der Waals surface area contributed by atoms with Gasteiger partial charge in [0.2, 0.25) is 0 Å². The molecule has 0 radical (unpaired) electrons. The number of halogens is 1. The van der Waals surface area contributed by atoms with Crippen LogP contribution in [0, 0.1) is 9.49 Å². The molecule has 3 nitrogen and oxygen atoms in total. The van der Waals surface area contributed by atoms with Gasteiger partial charge in [0.15, 0.2) is 0 Å². The molecule has 0 spiro atoms. The summed E-state index contributed by atoms with van der Waals surface area (Å²) in [6, 6.07) is 9.59. The number of piperazine rings is 1. The van der Waals surface area contributed by atoms with Crippen LogP contribution >= 0.6 is 22.6 Å². The van der Waals surface area contributed by atoms with E-state index in [2.05, 4.69) is 75.4 Å². The minimum absolute atomic E-state index is 0.611. The molecule has 0 saturated carbocycles. The van der Waals surface area contributed by atoms with Crippen molar-refractivity contribution >= 4 is 28.3 Å². The Hall–Kier alpha value is -0.330. The first-order valence-corrected chi connectivity index (χ1v) is 10.2. The molecule has 0 aliphatic carbocycles. The fraction of sp³-hybridized carbons (Fsp3) is 0.684. The number of piperidine rings is 1. The lowest BCUT2D eigenvalue weighted by Gasteiger charge is -2.43. The zero-order valence-electron chi connectivity index (χ0n) is 14.5. The van der Waals surface area contributed by atoms with Crippen molar-refractivity contribution < 1.29 is 0 Å². The smallest absolute Gasteiger partial charge is 0.0389 e. The van der Waals surface area contributed by atoms with Gasteiger partial charge in [-0.05, 0) is 92.2 Å². The normalized spacial score (nSPS) is 25.0. The number of hydrogen-bond donors (Lipinski definition) is 0. The Morgan fingerprint density at radius 2 is 1.70 bits per heavy atom. The van der Waals surface area contributed by atoms with Gasteiger partial charge in [0.25, 0.3) is 0 Å². The summed E-state index contributed by atoms with van der Waals surface area (Å²) >= 11 is 2.38. The first kappa shape index (κ1) is 17.5. The van der Waals surface area contributed by atoms with E-state index in [1.54, 1.807) is 0 Å². The number of rotatable bonds is 4. The lowest BCUT2D eigenvalue weighted by Crippen LogP contribution is -2.53. The number of likely N-dealkylation sites (tertiary alicyclic amines) is 1. The van der Waals surface area contributed by atoms with Crippen molar-refractivity contribution in [3.05, 3.63) is 27.8 Å². The number of anilines is 1. The van der Waals surface area contributed by atoms with Gasteiger partial charge in [-0.2, -0.15) is 0 Å². The summed E-state index contributed by atoms with van der Waals surface area (Å²) in [6.07, 6.45) is 2.78. The van der Waals surface area contributed by atoms with Crippen molar-refractivity contribution in [2.24, 2.45) is 5.92 Å². The van der Waals surface area contributed by atoms with Gasteiger partial charge in [0.1, 0.15) is 0 Å². The van der Waals surface area contributed by atoms with Crippen molar-refractivity contribution in [3.63, 3.8) is 0 Å². The van der Waals surface area contributed by atoms with Crippen molar-refractivity contribution in [2.75, 3.05) is 50.7 Å². The van der Waals surface area contributed by atoms with Crippen molar-refractivity contribution in [3.8, 4) is 0 Å². The van der Waals surface area contributed by atoms with E-state index in [-0.39, 0.29) is 0 Å². The second-order valence-corrected chi connectivity index (χ2v) is 8.40. The molecule has 0 N–H and O–H groups in total. The van der Waals surface area contributed by atoms with Gasteiger partial charge < -0.3 is 9.80 Å². The third-order valence-corrected chi connectivity index (χ3v) is 6.26. The Morgan fingerprint density at radius 1 is 1.00 bits per heavy atom. The molecule has 128 valence electrons. The second kappa shape index (κ2) is 8.17. The highest BCUT2D eigenvalue weighted by Gasteiger charge is 2.27. The third-order valence-electron chi connectivity index (χ3n) is 5.54. The molecule has 0 bridgehead atoms. The summed E-state index contributed by atoms with van der Waals surface area (Å²) in [5.41, 5.74) is 1.38. The quantitative estimate of drug-likeness (QED) is 0.681. The molecular weight excluding hydrogens is 397 g/mol. The molecule has 1 aromatic carbocycles. The average molecular weight is 427 g/mol. The molecule has 23 heavy (non-hydrogen) atoms. The monoisotopic (exact) mass is 427 g/mol. The fourth-order valence-electron chi connectivity index (χ4n) is 4.07. The van der Waals surface area contributed by atoms with E-state index in [1.165, 1.54) is 61.4 Å². The third kappa shape index (κ3) is 4.60. The minimum Gasteiger partial charge on any atom is -0.366 e. The fourth-order valence-corrected chi connectivity index (χ4v) is 4.42. The Bertz CT molecular complexity index is 482. The molecule has 1 unspecified atom stereocenters. The number of nitrogens with zero attached hydrogens (tertiary/aromatic N) is 3. The first-order valence-electron chi connectivity index (χ1n) is 9.12. The molecular formula is C19H30IN3. The molecule has 2 fully saturated rings. The summed E-state index contributed by atoms with van der Waals surface area (Å²) < 4.78 is 1.32. The van der Waals surface area contributed by atoms with Gasteiger partial charge in [0.05, 0.1) is 0 Å². The van der Waals surface area contributed by atoms with Gasteiger partial charge in [-0.25, -0.2) is 0 Å². The van der Waals surface area contributed by atoms with Crippen molar-refractivity contribution in [1.29, 1.82) is 0 Å². The van der Waals surface area contributed by atoms with E-state index < -0.39 is 0 Å². The maximum atomic E-state index is 2.71. The summed E-state index contributed by atoms with van der Waals surface area (Å²) in [7, 11) is 0. The first-order chi connectivity index (χ1) is 11.2. The van der Waals surface area contributed by atoms with E-state index in [0.717, 1.165) is 12.5 Å². The van der Waals surface area contributed by atoms with Crippen LogP contribution in [0.1, 0.15) is 26.7 Å². The minimum atomic E-state index is 0.611. The lowest BCUT2D eigenvalue weighted by atomic mass is 9.95. The topological polar surface area (TPSA) is 9.72 Å². The van der Waals surface area contributed by atoms with Crippen LogP contribution in [0.15, 0.2) is 24.3 Å². The summed E-state index contributed by atoms with van der Waals surface area (Å²) in [6.45, 7) is 13.4. The van der Waals surface area contributed by atoms with Crippen LogP contribution < -0.4 is 4.90 Å². The van der Waals surface area contributed by atoms with E-state index in [4.69, 9.17) is 0 Å². The zero-order valence-corrected chi connectivity index (χ0v) is 16.7. The van der Waals surface area contributed by atoms with Crippen LogP contribution in [0.3, 0.4) is 0 Å².